The molecule has 1 saturated heterocycles. The number of nitrogens with zero attached hydrogens (tertiary/aromatic N) is 2. The highest BCUT2D eigenvalue weighted by Crippen LogP contribution is 2.48. The van der Waals surface area contributed by atoms with E-state index in [9.17, 15) is 4.57 Å². The SMILES string of the molecule is CCOP(=O)(OCC)c1cc(N2CCN(C)CC2)ccc1N. The van der Waals surface area contributed by atoms with E-state index in [-0.39, 0.29) is 0 Å². The summed E-state index contributed by atoms with van der Waals surface area (Å²) >= 11 is 0. The molecule has 1 fully saturated rings. The summed E-state index contributed by atoms with van der Waals surface area (Å²) in [6.07, 6.45) is 0. The van der Waals surface area contributed by atoms with Gasteiger partial charge in [0.05, 0.1) is 18.5 Å². The Balaban J connectivity index is 2.31. The zero-order valence-corrected chi connectivity index (χ0v) is 14.5. The molecule has 2 rings (SSSR count). The topological polar surface area (TPSA) is 68.0 Å². The van der Waals surface area contributed by atoms with E-state index in [0.29, 0.717) is 24.2 Å². The molecule has 1 heterocycles. The molecule has 2 N–H and O–H groups in total. The lowest BCUT2D eigenvalue weighted by atomic mass is 10.2. The zero-order chi connectivity index (χ0) is 16.2. The maximum Gasteiger partial charge on any atom is 0.363 e. The molecule has 0 radical (unpaired) electrons. The van der Waals surface area contributed by atoms with E-state index in [2.05, 4.69) is 16.8 Å². The van der Waals surface area contributed by atoms with Gasteiger partial charge in [0.15, 0.2) is 0 Å². The summed E-state index contributed by atoms with van der Waals surface area (Å²) in [6.45, 7) is 8.12. The van der Waals surface area contributed by atoms with Gasteiger partial charge in [0.2, 0.25) is 0 Å². The number of rotatable bonds is 6. The molecule has 1 aliphatic heterocycles. The minimum atomic E-state index is -3.36. The van der Waals surface area contributed by atoms with Crippen LogP contribution in [0.15, 0.2) is 18.2 Å². The minimum absolute atomic E-state index is 0.315. The normalized spacial score (nSPS) is 17.0. The fourth-order valence-electron chi connectivity index (χ4n) is 2.55. The fourth-order valence-corrected chi connectivity index (χ4v) is 4.26. The lowest BCUT2D eigenvalue weighted by Crippen LogP contribution is -2.44. The molecule has 7 heteroatoms. The van der Waals surface area contributed by atoms with Gasteiger partial charge in [-0.25, -0.2) is 0 Å². The van der Waals surface area contributed by atoms with Crippen LogP contribution in [-0.4, -0.2) is 51.3 Å². The van der Waals surface area contributed by atoms with Crippen molar-refractivity contribution >= 4 is 24.3 Å². The second-order valence-corrected chi connectivity index (χ2v) is 7.36. The Kier molecular flexibility index (Phi) is 5.87. The summed E-state index contributed by atoms with van der Waals surface area (Å²) in [5.41, 5.74) is 7.49. The van der Waals surface area contributed by atoms with Crippen LogP contribution in [0.3, 0.4) is 0 Å². The van der Waals surface area contributed by atoms with Gasteiger partial charge in [-0.2, -0.15) is 0 Å². The van der Waals surface area contributed by atoms with Crippen LogP contribution in [0.25, 0.3) is 0 Å². The maximum absolute atomic E-state index is 13.0. The van der Waals surface area contributed by atoms with Gasteiger partial charge in [0.25, 0.3) is 0 Å². The molecule has 6 nitrogen and oxygen atoms in total. The minimum Gasteiger partial charge on any atom is -0.398 e. The van der Waals surface area contributed by atoms with Crippen LogP contribution in [-0.2, 0) is 13.6 Å². The van der Waals surface area contributed by atoms with Gasteiger partial charge >= 0.3 is 7.60 Å². The van der Waals surface area contributed by atoms with E-state index < -0.39 is 7.60 Å². The Bertz CT molecular complexity index is 535. The van der Waals surface area contributed by atoms with Crippen LogP contribution >= 0.6 is 7.60 Å². The molecule has 0 unspecified atom stereocenters. The first-order chi connectivity index (χ1) is 10.5. The van der Waals surface area contributed by atoms with Crippen molar-refractivity contribution in [2.24, 2.45) is 0 Å². The third-order valence-electron chi connectivity index (χ3n) is 3.78. The average Bonchev–Trinajstić information content (AvgIpc) is 2.49. The molecule has 124 valence electrons. The smallest absolute Gasteiger partial charge is 0.363 e. The molecule has 22 heavy (non-hydrogen) atoms. The van der Waals surface area contributed by atoms with Gasteiger partial charge in [-0.05, 0) is 39.1 Å². The Morgan fingerprint density at radius 1 is 1.14 bits per heavy atom. The van der Waals surface area contributed by atoms with E-state index in [1.165, 1.54) is 0 Å². The van der Waals surface area contributed by atoms with Gasteiger partial charge in [-0.15, -0.1) is 0 Å². The van der Waals surface area contributed by atoms with Crippen molar-refractivity contribution in [3.8, 4) is 0 Å². The quantitative estimate of drug-likeness (QED) is 0.636. The first-order valence-corrected chi connectivity index (χ1v) is 9.27. The lowest BCUT2D eigenvalue weighted by molar-refractivity contribution is 0.230. The van der Waals surface area contributed by atoms with Gasteiger partial charge in [-0.1, -0.05) is 0 Å². The molecule has 0 aliphatic carbocycles. The van der Waals surface area contributed by atoms with Crippen molar-refractivity contribution < 1.29 is 13.6 Å². The molecule has 0 amide bonds. The number of nitrogens with two attached hydrogens (primary N) is 1. The maximum atomic E-state index is 13.0. The number of nitrogen functional groups attached to an aromatic ring is 1. The summed E-state index contributed by atoms with van der Waals surface area (Å²) < 4.78 is 23.8. The third-order valence-corrected chi connectivity index (χ3v) is 5.95. The second kappa shape index (κ2) is 7.47. The van der Waals surface area contributed by atoms with Crippen molar-refractivity contribution in [2.75, 3.05) is 57.1 Å². The average molecular weight is 327 g/mol. The Morgan fingerprint density at radius 2 is 1.73 bits per heavy atom. The third kappa shape index (κ3) is 3.82. The van der Waals surface area contributed by atoms with Crippen LogP contribution in [0.4, 0.5) is 11.4 Å². The van der Waals surface area contributed by atoms with Gasteiger partial charge < -0.3 is 24.6 Å². The molecule has 1 aromatic carbocycles. The van der Waals surface area contributed by atoms with Crippen LogP contribution in [0.1, 0.15) is 13.8 Å². The van der Waals surface area contributed by atoms with Gasteiger partial charge in [0, 0.05) is 37.6 Å². The Labute approximate surface area is 132 Å². The van der Waals surface area contributed by atoms with E-state index in [1.807, 2.05) is 12.1 Å². The molecule has 1 aromatic rings. The van der Waals surface area contributed by atoms with E-state index in [0.717, 1.165) is 31.9 Å². The highest BCUT2D eigenvalue weighted by Gasteiger charge is 2.30. The van der Waals surface area contributed by atoms with Crippen molar-refractivity contribution in [3.63, 3.8) is 0 Å². The number of hydrogen-bond donors (Lipinski definition) is 1. The largest absolute Gasteiger partial charge is 0.398 e. The molecular formula is C15H26N3O3P. The monoisotopic (exact) mass is 327 g/mol. The number of anilines is 2. The molecule has 0 spiro atoms. The molecule has 0 atom stereocenters. The Morgan fingerprint density at radius 3 is 2.27 bits per heavy atom. The standard InChI is InChI=1S/C15H26N3O3P/c1-4-20-22(19,21-5-2)15-12-13(6-7-14(15)16)18-10-8-17(3)9-11-18/h6-7,12H,4-5,8-11,16H2,1-3H3. The van der Waals surface area contributed by atoms with Crippen LogP contribution in [0.2, 0.25) is 0 Å². The summed E-state index contributed by atoms with van der Waals surface area (Å²) in [4.78, 5) is 4.56. The molecule has 0 aromatic heterocycles. The predicted molar refractivity (Wildman–Crippen MR) is 91.1 cm³/mol. The van der Waals surface area contributed by atoms with Crippen molar-refractivity contribution in [3.05, 3.63) is 18.2 Å². The number of piperazine rings is 1. The fraction of sp³-hybridized carbons (Fsp3) is 0.600. The van der Waals surface area contributed by atoms with E-state index in [4.69, 9.17) is 14.8 Å². The van der Waals surface area contributed by atoms with Crippen LogP contribution < -0.4 is 15.9 Å². The molecule has 0 bridgehead atoms. The summed E-state index contributed by atoms with van der Waals surface area (Å²) in [6, 6.07) is 5.60. The highest BCUT2D eigenvalue weighted by atomic mass is 31.2. The number of likely N-dealkylation sites (N-methyl/N-ethyl adjacent to an activating group) is 1. The van der Waals surface area contributed by atoms with E-state index >= 15 is 0 Å². The van der Waals surface area contributed by atoms with Crippen LogP contribution in [0, 0.1) is 0 Å². The highest BCUT2D eigenvalue weighted by molar-refractivity contribution is 7.62. The summed E-state index contributed by atoms with van der Waals surface area (Å²) in [7, 11) is -1.25. The van der Waals surface area contributed by atoms with Crippen LogP contribution in [0.5, 0.6) is 0 Å². The molecule has 0 saturated carbocycles. The van der Waals surface area contributed by atoms with Crippen molar-refractivity contribution in [1.29, 1.82) is 0 Å². The molecular weight excluding hydrogens is 301 g/mol. The lowest BCUT2D eigenvalue weighted by Gasteiger charge is -2.34. The summed E-state index contributed by atoms with van der Waals surface area (Å²) in [5, 5.41) is 0.465. The number of hydrogen-bond acceptors (Lipinski definition) is 6. The predicted octanol–water partition coefficient (Wildman–Crippen LogP) is 1.91. The van der Waals surface area contributed by atoms with E-state index in [1.54, 1.807) is 19.9 Å². The van der Waals surface area contributed by atoms with Gasteiger partial charge in [0.1, 0.15) is 0 Å². The van der Waals surface area contributed by atoms with Gasteiger partial charge in [-0.3, -0.25) is 4.57 Å². The summed E-state index contributed by atoms with van der Waals surface area (Å²) in [5.74, 6) is 0. The first kappa shape index (κ1) is 17.3. The zero-order valence-electron chi connectivity index (χ0n) is 13.6. The molecule has 1 aliphatic rings. The van der Waals surface area contributed by atoms with Crippen molar-refractivity contribution in [1.82, 2.24) is 4.90 Å². The van der Waals surface area contributed by atoms with Crippen molar-refractivity contribution in [2.45, 2.75) is 13.8 Å². The first-order valence-electron chi connectivity index (χ1n) is 7.73. The second-order valence-electron chi connectivity index (χ2n) is 5.37. The number of benzene rings is 1. The Hall–Kier alpha value is -1.07.